The number of piperidine rings is 1. The summed E-state index contributed by atoms with van der Waals surface area (Å²) in [4.78, 5) is 30.5. The van der Waals surface area contributed by atoms with Crippen LogP contribution in [0, 0.1) is 0 Å². The van der Waals surface area contributed by atoms with Gasteiger partial charge >= 0.3 is 6.03 Å². The van der Waals surface area contributed by atoms with Crippen molar-refractivity contribution in [3.8, 4) is 5.75 Å². The average Bonchev–Trinajstić information content (AvgIpc) is 3.05. The van der Waals surface area contributed by atoms with Crippen molar-refractivity contribution in [2.24, 2.45) is 0 Å². The van der Waals surface area contributed by atoms with E-state index in [-0.39, 0.29) is 18.5 Å². The molecule has 0 aliphatic carbocycles. The molecule has 0 bridgehead atoms. The van der Waals surface area contributed by atoms with Gasteiger partial charge in [0.15, 0.2) is 0 Å². The van der Waals surface area contributed by atoms with Crippen LogP contribution in [0.25, 0.3) is 0 Å². The summed E-state index contributed by atoms with van der Waals surface area (Å²) in [5, 5.41) is 0. The second-order valence-electron chi connectivity index (χ2n) is 8.01. The van der Waals surface area contributed by atoms with Gasteiger partial charge in [-0.25, -0.2) is 4.79 Å². The number of rotatable bonds is 8. The molecule has 2 fully saturated rings. The van der Waals surface area contributed by atoms with Gasteiger partial charge in [0.1, 0.15) is 18.9 Å². The molecule has 0 spiro atoms. The molecule has 4 rings (SSSR count). The number of benzene rings is 2. The first-order valence-electron chi connectivity index (χ1n) is 10.8. The van der Waals surface area contributed by atoms with Gasteiger partial charge in [0.05, 0.1) is 0 Å². The van der Waals surface area contributed by atoms with Gasteiger partial charge in [-0.1, -0.05) is 48.9 Å². The SMILES string of the molecule is O=C1CN(Cc2cccc(OCc3ccccc3)c2)C(=O)N1CCN1CCCCC1. The van der Waals surface area contributed by atoms with Gasteiger partial charge in [-0.05, 0) is 49.2 Å². The quantitative estimate of drug-likeness (QED) is 0.629. The Morgan fingerprint density at radius 3 is 2.40 bits per heavy atom. The van der Waals surface area contributed by atoms with E-state index in [2.05, 4.69) is 4.90 Å². The lowest BCUT2D eigenvalue weighted by atomic mass is 10.1. The zero-order valence-electron chi connectivity index (χ0n) is 17.3. The number of carbonyl (C=O) groups is 2. The maximum absolute atomic E-state index is 12.8. The number of urea groups is 1. The van der Waals surface area contributed by atoms with Crippen molar-refractivity contribution < 1.29 is 14.3 Å². The Morgan fingerprint density at radius 1 is 0.833 bits per heavy atom. The van der Waals surface area contributed by atoms with Crippen LogP contribution in [-0.4, -0.2) is 59.4 Å². The highest BCUT2D eigenvalue weighted by atomic mass is 16.5. The molecule has 0 N–H and O–H groups in total. The summed E-state index contributed by atoms with van der Waals surface area (Å²) in [6, 6.07) is 17.6. The van der Waals surface area contributed by atoms with E-state index in [0.29, 0.717) is 19.7 Å². The molecular weight excluding hydrogens is 378 g/mol. The summed E-state index contributed by atoms with van der Waals surface area (Å²) >= 11 is 0. The molecule has 2 aliphatic rings. The van der Waals surface area contributed by atoms with E-state index >= 15 is 0 Å². The van der Waals surface area contributed by atoms with Gasteiger partial charge in [-0.3, -0.25) is 9.69 Å². The van der Waals surface area contributed by atoms with Crippen molar-refractivity contribution in [2.45, 2.75) is 32.4 Å². The lowest BCUT2D eigenvalue weighted by Gasteiger charge is -2.27. The standard InChI is InChI=1S/C24H29N3O3/c28-23-18-26(24(29)27(23)15-14-25-12-5-2-6-13-25)17-21-10-7-11-22(16-21)30-19-20-8-3-1-4-9-20/h1,3-4,7-11,16H,2,5-6,12-15,17-19H2. The van der Waals surface area contributed by atoms with Gasteiger partial charge in [0.2, 0.25) is 5.91 Å². The molecule has 6 heteroatoms. The molecule has 0 radical (unpaired) electrons. The molecule has 2 aliphatic heterocycles. The van der Waals surface area contributed by atoms with E-state index in [1.807, 2.05) is 54.6 Å². The van der Waals surface area contributed by atoms with Gasteiger partial charge in [-0.15, -0.1) is 0 Å². The van der Waals surface area contributed by atoms with Crippen molar-refractivity contribution in [1.29, 1.82) is 0 Å². The van der Waals surface area contributed by atoms with Crippen LogP contribution in [0.1, 0.15) is 30.4 Å². The number of nitrogens with zero attached hydrogens (tertiary/aromatic N) is 3. The monoisotopic (exact) mass is 407 g/mol. The molecule has 0 saturated carbocycles. The number of ether oxygens (including phenoxy) is 1. The van der Waals surface area contributed by atoms with E-state index in [1.54, 1.807) is 4.90 Å². The Kier molecular flexibility index (Phi) is 6.64. The Labute approximate surface area is 178 Å². The highest BCUT2D eigenvalue weighted by molar-refractivity contribution is 6.01. The highest BCUT2D eigenvalue weighted by Gasteiger charge is 2.35. The van der Waals surface area contributed by atoms with Gasteiger partial charge < -0.3 is 14.5 Å². The van der Waals surface area contributed by atoms with Gasteiger partial charge in [0, 0.05) is 19.6 Å². The Balaban J connectivity index is 1.31. The predicted molar refractivity (Wildman–Crippen MR) is 115 cm³/mol. The molecule has 2 aromatic carbocycles. The third-order valence-electron chi connectivity index (χ3n) is 5.74. The first-order chi connectivity index (χ1) is 14.7. The number of hydrogen-bond acceptors (Lipinski definition) is 4. The van der Waals surface area contributed by atoms with Gasteiger partial charge in [-0.2, -0.15) is 0 Å². The molecule has 30 heavy (non-hydrogen) atoms. The summed E-state index contributed by atoms with van der Waals surface area (Å²) in [5.74, 6) is 0.657. The molecule has 3 amide bonds. The second-order valence-corrected chi connectivity index (χ2v) is 8.01. The summed E-state index contributed by atoms with van der Waals surface area (Å²) in [7, 11) is 0. The fraction of sp³-hybridized carbons (Fsp3) is 0.417. The zero-order chi connectivity index (χ0) is 20.8. The summed E-state index contributed by atoms with van der Waals surface area (Å²) < 4.78 is 5.89. The predicted octanol–water partition coefficient (Wildman–Crippen LogP) is 3.52. The van der Waals surface area contributed by atoms with Crippen molar-refractivity contribution in [1.82, 2.24) is 14.7 Å². The van der Waals surface area contributed by atoms with Crippen LogP contribution in [0.4, 0.5) is 4.79 Å². The maximum atomic E-state index is 12.8. The van der Waals surface area contributed by atoms with E-state index in [9.17, 15) is 9.59 Å². The van der Waals surface area contributed by atoms with Crippen LogP contribution < -0.4 is 4.74 Å². The van der Waals surface area contributed by atoms with E-state index < -0.39 is 0 Å². The van der Waals surface area contributed by atoms with Crippen molar-refractivity contribution in [3.63, 3.8) is 0 Å². The van der Waals surface area contributed by atoms with Crippen LogP contribution >= 0.6 is 0 Å². The number of imide groups is 1. The summed E-state index contributed by atoms with van der Waals surface area (Å²) in [5.41, 5.74) is 2.06. The molecule has 2 heterocycles. The smallest absolute Gasteiger partial charge is 0.327 e. The van der Waals surface area contributed by atoms with Crippen LogP contribution in [-0.2, 0) is 17.9 Å². The molecular formula is C24H29N3O3. The third-order valence-corrected chi connectivity index (χ3v) is 5.74. The summed E-state index contributed by atoms with van der Waals surface area (Å²) in [6.45, 7) is 4.44. The van der Waals surface area contributed by atoms with Crippen LogP contribution in [0.2, 0.25) is 0 Å². The normalized spacial score (nSPS) is 17.6. The molecule has 0 atom stereocenters. The Hall–Kier alpha value is -2.86. The van der Waals surface area contributed by atoms with Crippen LogP contribution in [0.3, 0.4) is 0 Å². The van der Waals surface area contributed by atoms with Crippen molar-refractivity contribution in [3.05, 3.63) is 65.7 Å². The van der Waals surface area contributed by atoms with Crippen LogP contribution in [0.15, 0.2) is 54.6 Å². The first kappa shape index (κ1) is 20.4. The minimum Gasteiger partial charge on any atom is -0.489 e. The fourth-order valence-electron chi connectivity index (χ4n) is 4.06. The zero-order valence-corrected chi connectivity index (χ0v) is 17.3. The minimum absolute atomic E-state index is 0.103. The number of carbonyl (C=O) groups excluding carboxylic acids is 2. The van der Waals surface area contributed by atoms with Crippen molar-refractivity contribution in [2.75, 3.05) is 32.7 Å². The topological polar surface area (TPSA) is 53.1 Å². The number of hydrogen-bond donors (Lipinski definition) is 0. The fourth-order valence-corrected chi connectivity index (χ4v) is 4.06. The minimum atomic E-state index is -0.187. The second kappa shape index (κ2) is 9.76. The average molecular weight is 408 g/mol. The molecule has 0 unspecified atom stereocenters. The van der Waals surface area contributed by atoms with Crippen molar-refractivity contribution >= 4 is 11.9 Å². The molecule has 6 nitrogen and oxygen atoms in total. The Bertz CT molecular complexity index is 865. The molecule has 2 saturated heterocycles. The first-order valence-corrected chi connectivity index (χ1v) is 10.8. The third kappa shape index (κ3) is 5.19. The van der Waals surface area contributed by atoms with Crippen LogP contribution in [0.5, 0.6) is 5.75 Å². The van der Waals surface area contributed by atoms with Gasteiger partial charge in [0.25, 0.3) is 0 Å². The largest absolute Gasteiger partial charge is 0.489 e. The van der Waals surface area contributed by atoms with E-state index in [0.717, 1.165) is 36.5 Å². The maximum Gasteiger partial charge on any atom is 0.327 e. The molecule has 2 aromatic rings. The lowest BCUT2D eigenvalue weighted by molar-refractivity contribution is -0.125. The highest BCUT2D eigenvalue weighted by Crippen LogP contribution is 2.20. The van der Waals surface area contributed by atoms with E-state index in [1.165, 1.54) is 24.2 Å². The molecule has 158 valence electrons. The Morgan fingerprint density at radius 2 is 1.60 bits per heavy atom. The number of amides is 3. The van der Waals surface area contributed by atoms with E-state index in [4.69, 9.17) is 4.74 Å². The number of likely N-dealkylation sites (tertiary alicyclic amines) is 1. The lowest BCUT2D eigenvalue weighted by Crippen LogP contribution is -2.41. The summed E-state index contributed by atoms with van der Waals surface area (Å²) in [6.07, 6.45) is 3.69. The molecule has 0 aromatic heterocycles.